The molecule has 39 heavy (non-hydrogen) atoms. The van der Waals surface area contributed by atoms with Crippen LogP contribution >= 0.6 is 0 Å². The highest BCUT2D eigenvalue weighted by molar-refractivity contribution is 6.32. The second-order valence-corrected chi connectivity index (χ2v) is 10.6. The predicted molar refractivity (Wildman–Crippen MR) is 131 cm³/mol. The molecule has 0 spiro atoms. The number of anilines is 1. The summed E-state index contributed by atoms with van der Waals surface area (Å²) in [6, 6.07) is 1.70. The lowest BCUT2D eigenvalue weighted by atomic mass is 9.52. The highest BCUT2D eigenvalue weighted by atomic mass is 16.4. The smallest absolute Gasteiger partial charge is 0.303 e. The second-order valence-electron chi connectivity index (χ2n) is 10.6. The molecule has 0 radical (unpaired) electrons. The lowest BCUT2D eigenvalue weighted by molar-refractivity contribution is -0.181. The number of likely N-dealkylation sites (N-methyl/N-ethyl adjacent to an activating group) is 1. The van der Waals surface area contributed by atoms with Crippen LogP contribution in [0.2, 0.25) is 0 Å². The first-order valence-electron chi connectivity index (χ1n) is 12.4. The van der Waals surface area contributed by atoms with Crippen LogP contribution in [0.3, 0.4) is 0 Å². The standard InChI is InChI=1S/C26H29N3O10/c1-29(2)19-12-9-11-8-10-6-7-13(28-14(30)4-3-5-15(31)32)20(33)16(10)21(34)17(11)23(36)26(12,39)24(37)18(22(19)35)25(27)38/h6-7,11-12,17-19,33,39H,3-5,8-9H2,1-2H3,(H2,27,38)(H,28,30)(H,31,32)/t11-,12-,17?,18?,19-,26-/m0/s1. The molecule has 6 N–H and O–H groups in total. The quantitative estimate of drug-likeness (QED) is 0.208. The molecule has 2 saturated carbocycles. The van der Waals surface area contributed by atoms with Crippen LogP contribution in [0.5, 0.6) is 5.75 Å². The number of nitrogens with two attached hydrogens (primary N) is 1. The number of aliphatic hydroxyl groups is 1. The third-order valence-corrected chi connectivity index (χ3v) is 8.00. The number of nitrogens with zero attached hydrogens (tertiary/aromatic N) is 1. The Morgan fingerprint density at radius 1 is 1.10 bits per heavy atom. The van der Waals surface area contributed by atoms with Crippen molar-refractivity contribution in [3.8, 4) is 5.75 Å². The number of Topliss-reactive ketones (excluding diaryl/α,β-unsaturated/α-hetero) is 4. The maximum absolute atomic E-state index is 13.8. The molecule has 1 aromatic rings. The SMILES string of the molecule is CN(C)[C@@H]1C(=O)C(C(N)=O)C(=O)[C@@]2(O)C(=O)C3C(=O)c4c(ccc(NC(=O)CCCC(=O)O)c4O)C[C@H]3C[C@@H]12. The summed E-state index contributed by atoms with van der Waals surface area (Å²) in [7, 11) is 3.01. The van der Waals surface area contributed by atoms with E-state index in [0.29, 0.717) is 5.56 Å². The summed E-state index contributed by atoms with van der Waals surface area (Å²) >= 11 is 0. The maximum atomic E-state index is 13.8. The van der Waals surface area contributed by atoms with Crippen LogP contribution in [-0.2, 0) is 35.2 Å². The van der Waals surface area contributed by atoms with E-state index in [-0.39, 0.29) is 43.4 Å². The average molecular weight is 544 g/mol. The van der Waals surface area contributed by atoms with Gasteiger partial charge < -0.3 is 26.4 Å². The van der Waals surface area contributed by atoms with Crippen LogP contribution in [0.25, 0.3) is 0 Å². The highest BCUT2D eigenvalue weighted by Gasteiger charge is 2.69. The number of hydrogen-bond acceptors (Lipinski definition) is 10. The van der Waals surface area contributed by atoms with Crippen molar-refractivity contribution in [1.29, 1.82) is 0 Å². The van der Waals surface area contributed by atoms with Gasteiger partial charge in [-0.1, -0.05) is 6.07 Å². The number of aromatic hydroxyl groups is 1. The van der Waals surface area contributed by atoms with Crippen LogP contribution in [0.1, 0.15) is 41.6 Å². The molecule has 0 heterocycles. The number of rotatable bonds is 7. The normalized spacial score (nSPS) is 29.9. The van der Waals surface area contributed by atoms with E-state index < -0.39 is 82.0 Å². The van der Waals surface area contributed by atoms with E-state index in [1.165, 1.54) is 31.1 Å². The van der Waals surface area contributed by atoms with Gasteiger partial charge in [0.1, 0.15) is 5.75 Å². The van der Waals surface area contributed by atoms with E-state index >= 15 is 0 Å². The van der Waals surface area contributed by atoms with Gasteiger partial charge in [0.15, 0.2) is 34.7 Å². The average Bonchev–Trinajstić information content (AvgIpc) is 2.82. The van der Waals surface area contributed by atoms with Crippen LogP contribution in [0.15, 0.2) is 12.1 Å². The summed E-state index contributed by atoms with van der Waals surface area (Å²) in [6.45, 7) is 0. The molecule has 6 atom stereocenters. The largest absolute Gasteiger partial charge is 0.505 e. The fourth-order valence-electron chi connectivity index (χ4n) is 6.29. The van der Waals surface area contributed by atoms with Gasteiger partial charge in [0.2, 0.25) is 11.8 Å². The molecule has 2 amide bonds. The Bertz CT molecular complexity index is 1320. The molecule has 2 unspecified atom stereocenters. The lowest BCUT2D eigenvalue weighted by Crippen LogP contribution is -2.74. The van der Waals surface area contributed by atoms with E-state index in [0.717, 1.165) is 0 Å². The van der Waals surface area contributed by atoms with Crippen LogP contribution in [0.4, 0.5) is 5.69 Å². The zero-order chi connectivity index (χ0) is 29.0. The van der Waals surface area contributed by atoms with Crippen molar-refractivity contribution in [2.24, 2.45) is 29.4 Å². The predicted octanol–water partition coefficient (Wildman–Crippen LogP) is -0.940. The summed E-state index contributed by atoms with van der Waals surface area (Å²) < 4.78 is 0. The van der Waals surface area contributed by atoms with Gasteiger partial charge in [0.05, 0.1) is 23.2 Å². The zero-order valence-electron chi connectivity index (χ0n) is 21.3. The number of aliphatic carboxylic acids is 1. The van der Waals surface area contributed by atoms with E-state index in [1.807, 2.05) is 0 Å². The molecule has 13 heteroatoms. The number of carbonyl (C=O) groups excluding carboxylic acids is 6. The molecule has 208 valence electrons. The summed E-state index contributed by atoms with van der Waals surface area (Å²) in [5, 5.41) is 33.6. The van der Waals surface area contributed by atoms with Gasteiger partial charge in [-0.25, -0.2) is 0 Å². The highest BCUT2D eigenvalue weighted by Crippen LogP contribution is 2.51. The van der Waals surface area contributed by atoms with E-state index in [4.69, 9.17) is 10.8 Å². The number of benzene rings is 1. The Balaban J connectivity index is 1.70. The van der Waals surface area contributed by atoms with Crippen molar-refractivity contribution >= 4 is 46.6 Å². The molecule has 0 aromatic heterocycles. The van der Waals surface area contributed by atoms with E-state index in [9.17, 15) is 43.8 Å². The Labute approximate surface area is 222 Å². The monoisotopic (exact) mass is 543 g/mol. The third-order valence-electron chi connectivity index (χ3n) is 8.00. The maximum Gasteiger partial charge on any atom is 0.303 e. The molecule has 1 aromatic carbocycles. The zero-order valence-corrected chi connectivity index (χ0v) is 21.3. The van der Waals surface area contributed by atoms with Crippen molar-refractivity contribution in [2.45, 2.75) is 43.7 Å². The topological polar surface area (TPSA) is 221 Å². The number of phenols is 1. The number of fused-ring (bicyclic) bond motifs is 3. The summed E-state index contributed by atoms with van der Waals surface area (Å²) in [5.41, 5.74) is 2.49. The van der Waals surface area contributed by atoms with Crippen molar-refractivity contribution in [1.82, 2.24) is 4.90 Å². The minimum atomic E-state index is -2.82. The number of amides is 2. The first-order chi connectivity index (χ1) is 18.2. The molecular formula is C26H29N3O10. The van der Waals surface area contributed by atoms with E-state index in [2.05, 4.69) is 5.32 Å². The minimum absolute atomic E-state index is 0.0561. The Hall–Kier alpha value is -3.97. The van der Waals surface area contributed by atoms with Crippen LogP contribution < -0.4 is 11.1 Å². The van der Waals surface area contributed by atoms with Crippen LogP contribution in [-0.4, -0.2) is 86.9 Å². The van der Waals surface area contributed by atoms with Gasteiger partial charge >= 0.3 is 5.97 Å². The van der Waals surface area contributed by atoms with Gasteiger partial charge in [-0.15, -0.1) is 0 Å². The number of ketones is 4. The Morgan fingerprint density at radius 3 is 2.36 bits per heavy atom. The van der Waals surface area contributed by atoms with Crippen LogP contribution in [0, 0.1) is 23.7 Å². The fourth-order valence-corrected chi connectivity index (χ4v) is 6.29. The first-order valence-corrected chi connectivity index (χ1v) is 12.4. The van der Waals surface area contributed by atoms with Gasteiger partial charge in [-0.05, 0) is 50.9 Å². The lowest BCUT2D eigenvalue weighted by Gasteiger charge is -2.52. The van der Waals surface area contributed by atoms with E-state index in [1.54, 1.807) is 0 Å². The van der Waals surface area contributed by atoms with Gasteiger partial charge in [-0.3, -0.25) is 38.5 Å². The third kappa shape index (κ3) is 4.40. The molecule has 13 nitrogen and oxygen atoms in total. The minimum Gasteiger partial charge on any atom is -0.505 e. The number of primary amides is 1. The first kappa shape index (κ1) is 28.0. The van der Waals surface area contributed by atoms with Gasteiger partial charge in [0.25, 0.3) is 0 Å². The number of carbonyl (C=O) groups is 7. The Kier molecular flexibility index (Phi) is 7.17. The molecule has 0 saturated heterocycles. The van der Waals surface area contributed by atoms with Crippen molar-refractivity contribution < 1.29 is 48.9 Å². The summed E-state index contributed by atoms with van der Waals surface area (Å²) in [5.74, 6) is -13.3. The molecule has 4 rings (SSSR count). The number of hydrogen-bond donors (Lipinski definition) is 5. The Morgan fingerprint density at radius 2 is 1.77 bits per heavy atom. The summed E-state index contributed by atoms with van der Waals surface area (Å²) in [4.78, 5) is 90.0. The fraction of sp³-hybridized carbons (Fsp3) is 0.500. The van der Waals surface area contributed by atoms with Crippen molar-refractivity contribution in [2.75, 3.05) is 19.4 Å². The van der Waals surface area contributed by atoms with Crippen molar-refractivity contribution in [3.05, 3.63) is 23.3 Å². The van der Waals surface area contributed by atoms with Gasteiger partial charge in [0, 0.05) is 18.8 Å². The number of phenolic OH excluding ortho intramolecular Hbond substituents is 1. The number of carboxylic acid groups (broad SMARTS) is 1. The van der Waals surface area contributed by atoms with Gasteiger partial charge in [-0.2, -0.15) is 0 Å². The number of carboxylic acids is 1. The number of nitrogens with one attached hydrogen (secondary N) is 1. The molecule has 3 aliphatic rings. The van der Waals surface area contributed by atoms with Crippen molar-refractivity contribution in [3.63, 3.8) is 0 Å². The molecule has 2 fully saturated rings. The summed E-state index contributed by atoms with van der Waals surface area (Å²) in [6.07, 6.45) is -0.282. The molecular weight excluding hydrogens is 514 g/mol. The second kappa shape index (κ2) is 9.97. The molecule has 0 bridgehead atoms. The molecule has 3 aliphatic carbocycles. The molecule has 0 aliphatic heterocycles.